The van der Waals surface area contributed by atoms with Gasteiger partial charge in [0.15, 0.2) is 5.25 Å². The number of amides is 4. The van der Waals surface area contributed by atoms with E-state index in [2.05, 4.69) is 13.8 Å². The average molecular weight is 818 g/mol. The van der Waals surface area contributed by atoms with E-state index in [1.807, 2.05) is 13.8 Å². The van der Waals surface area contributed by atoms with Gasteiger partial charge in [0.1, 0.15) is 10.1 Å². The number of carbonyl (C=O) groups excluding carboxylic acids is 6. The van der Waals surface area contributed by atoms with Gasteiger partial charge in [-0.3, -0.25) is 38.6 Å². The van der Waals surface area contributed by atoms with Gasteiger partial charge in [0, 0.05) is 37.4 Å². The molecule has 0 spiro atoms. The Balaban J connectivity index is -0.000000815. The Morgan fingerprint density at radius 3 is 1.33 bits per heavy atom. The molecule has 2 aliphatic rings. The molecule has 0 saturated carbocycles. The molecule has 2 heterocycles. The molecule has 0 aromatic carbocycles. The third-order valence-corrected chi connectivity index (χ3v) is 8.48. The van der Waals surface area contributed by atoms with Crippen LogP contribution >= 0.6 is 0 Å². The molecule has 0 bridgehead atoms. The minimum atomic E-state index is -5.01. The Morgan fingerprint density at radius 2 is 1.06 bits per heavy atom. The van der Waals surface area contributed by atoms with Crippen molar-refractivity contribution in [3.8, 4) is 0 Å². The SMILES string of the molecule is CCCCC(CC)COC(=O)CC(C(=O)OCC(CC)CCCC)S(=O)(=O)[O-].CCN1C(=O)C=CC1=O.CCN1C(=O)C=CC1=O.[Na+].[SnH4]. The molecule has 0 fully saturated rings. The fraction of sp³-hybridized carbons (Fsp3) is 0.688. The van der Waals surface area contributed by atoms with E-state index in [1.54, 1.807) is 13.8 Å². The van der Waals surface area contributed by atoms with E-state index < -0.39 is 33.7 Å². The van der Waals surface area contributed by atoms with Crippen LogP contribution in [0.4, 0.5) is 0 Å². The molecule has 2 aliphatic heterocycles. The fourth-order valence-corrected chi connectivity index (χ4v) is 4.94. The standard InChI is InChI=1S/C20H38O7S.2C6H7NO2.Na.Sn.4H/c1-5-9-11-16(7-3)14-26-19(21)13-18(28(23,24)25)20(22)27-15-17(8-4)12-10-6-2;2*1-2-7-5(8)3-4-6(7)9;;;;;;/h16-18H,5-15H2,1-4H3,(H,23,24,25);2*3-4H,2H2,1H3;;;;;;/q;;;+1;;;;;/p-1. The van der Waals surface area contributed by atoms with Crippen molar-refractivity contribution < 1.29 is 80.8 Å². The summed E-state index contributed by atoms with van der Waals surface area (Å²) in [6.45, 7) is 12.7. The third-order valence-electron chi connectivity index (χ3n) is 7.42. The molecule has 4 amide bonds. The first-order valence-electron chi connectivity index (χ1n) is 16.0. The Kier molecular flexibility index (Phi) is 29.8. The van der Waals surface area contributed by atoms with Crippen LogP contribution in [0.5, 0.6) is 0 Å². The first kappa shape index (κ1) is 50.8. The first-order chi connectivity index (χ1) is 21.7. The van der Waals surface area contributed by atoms with Crippen molar-refractivity contribution in [1.82, 2.24) is 9.80 Å². The molecule has 3 atom stereocenters. The second kappa shape index (κ2) is 28.1. The number of carbonyl (C=O) groups is 6. The summed E-state index contributed by atoms with van der Waals surface area (Å²) >= 11 is 0. The van der Waals surface area contributed by atoms with Crippen molar-refractivity contribution in [2.45, 2.75) is 105 Å². The molecule has 0 aliphatic carbocycles. The molecular weight excluding hydrogens is 762 g/mol. The van der Waals surface area contributed by atoms with Gasteiger partial charge in [0.05, 0.1) is 19.6 Å². The number of esters is 2. The molecule has 13 nitrogen and oxygen atoms in total. The summed E-state index contributed by atoms with van der Waals surface area (Å²) in [5.41, 5.74) is 0. The van der Waals surface area contributed by atoms with Gasteiger partial charge in [-0.1, -0.05) is 66.2 Å². The van der Waals surface area contributed by atoms with E-state index in [9.17, 15) is 41.7 Å². The van der Waals surface area contributed by atoms with Gasteiger partial charge in [-0.25, -0.2) is 8.42 Å². The molecule has 0 radical (unpaired) electrons. The predicted molar refractivity (Wildman–Crippen MR) is 181 cm³/mol. The Hall–Kier alpha value is -1.59. The number of hydrogen-bond acceptors (Lipinski definition) is 11. The van der Waals surface area contributed by atoms with Gasteiger partial charge >= 0.3 is 65.4 Å². The predicted octanol–water partition coefficient (Wildman–Crippen LogP) is -0.775. The molecule has 48 heavy (non-hydrogen) atoms. The van der Waals surface area contributed by atoms with Crippen LogP contribution in [0.1, 0.15) is 99.3 Å². The van der Waals surface area contributed by atoms with Gasteiger partial charge in [0.25, 0.3) is 23.6 Å². The van der Waals surface area contributed by atoms with E-state index in [0.29, 0.717) is 13.1 Å². The molecule has 0 N–H and O–H groups in total. The van der Waals surface area contributed by atoms with Crippen molar-refractivity contribution in [3.63, 3.8) is 0 Å². The molecule has 0 aromatic rings. The summed E-state index contributed by atoms with van der Waals surface area (Å²) in [5.74, 6) is -2.57. The summed E-state index contributed by atoms with van der Waals surface area (Å²) in [5, 5.41) is -2.06. The average Bonchev–Trinajstić information content (AvgIpc) is 3.53. The van der Waals surface area contributed by atoms with Crippen molar-refractivity contribution in [3.05, 3.63) is 24.3 Å². The molecule has 270 valence electrons. The number of hydrogen-bond donors (Lipinski definition) is 0. The van der Waals surface area contributed by atoms with Gasteiger partial charge in [-0.05, 0) is 38.5 Å². The van der Waals surface area contributed by atoms with E-state index in [4.69, 9.17) is 9.47 Å². The summed E-state index contributed by atoms with van der Waals surface area (Å²) in [6, 6.07) is 0. The molecule has 3 unspecified atom stereocenters. The number of ether oxygens (including phenoxy) is 2. The second-order valence-electron chi connectivity index (χ2n) is 10.8. The van der Waals surface area contributed by atoms with E-state index in [0.717, 1.165) is 51.4 Å². The molecule has 16 heteroatoms. The van der Waals surface area contributed by atoms with Crippen LogP contribution in [0.3, 0.4) is 0 Å². The van der Waals surface area contributed by atoms with Gasteiger partial charge in [-0.2, -0.15) is 0 Å². The van der Waals surface area contributed by atoms with E-state index >= 15 is 0 Å². The Morgan fingerprint density at radius 1 is 0.708 bits per heavy atom. The number of rotatable bonds is 18. The van der Waals surface area contributed by atoms with Crippen molar-refractivity contribution in [1.29, 1.82) is 0 Å². The van der Waals surface area contributed by atoms with Crippen LogP contribution < -0.4 is 29.6 Å². The summed E-state index contributed by atoms with van der Waals surface area (Å²) < 4.78 is 44.6. The van der Waals surface area contributed by atoms with Crippen LogP contribution in [0, 0.1) is 11.8 Å². The second-order valence-corrected chi connectivity index (χ2v) is 12.4. The van der Waals surface area contributed by atoms with Gasteiger partial charge in [-0.15, -0.1) is 0 Å². The van der Waals surface area contributed by atoms with E-state index in [-0.39, 0.29) is 102 Å². The molecule has 0 aromatic heterocycles. The number of nitrogens with zero attached hydrogens (tertiary/aromatic N) is 2. The summed E-state index contributed by atoms with van der Waals surface area (Å²) in [6.07, 6.45) is 11.7. The third kappa shape index (κ3) is 20.2. The zero-order valence-electron chi connectivity index (χ0n) is 29.0. The summed E-state index contributed by atoms with van der Waals surface area (Å²) in [4.78, 5) is 69.0. The van der Waals surface area contributed by atoms with Crippen LogP contribution in [-0.2, 0) is 48.4 Å². The Labute approximate surface area is 325 Å². The van der Waals surface area contributed by atoms with Gasteiger partial charge < -0.3 is 14.0 Å². The van der Waals surface area contributed by atoms with Crippen LogP contribution in [0.25, 0.3) is 0 Å². The quantitative estimate of drug-likeness (QED) is 0.0733. The van der Waals surface area contributed by atoms with Gasteiger partial charge in [0.2, 0.25) is 0 Å². The first-order valence-corrected chi connectivity index (χ1v) is 17.5. The maximum atomic E-state index is 12.1. The normalized spacial score (nSPS) is 15.3. The number of imide groups is 2. The fourth-order valence-electron chi connectivity index (χ4n) is 4.30. The number of unbranched alkanes of at least 4 members (excludes halogenated alkanes) is 2. The van der Waals surface area contributed by atoms with Crippen molar-refractivity contribution in [2.75, 3.05) is 26.3 Å². The minimum absolute atomic E-state index is 0. The van der Waals surface area contributed by atoms with Crippen molar-refractivity contribution in [2.24, 2.45) is 11.8 Å². The Bertz CT molecular complexity index is 1120. The number of likely N-dealkylation sites (N-methyl/N-ethyl adjacent to an activating group) is 2. The molecule has 0 saturated heterocycles. The summed E-state index contributed by atoms with van der Waals surface area (Å²) in [7, 11) is -5.01. The monoisotopic (exact) mass is 818 g/mol. The van der Waals surface area contributed by atoms with Crippen LogP contribution in [0.15, 0.2) is 24.3 Å². The van der Waals surface area contributed by atoms with Crippen molar-refractivity contribution >= 4 is 69.6 Å². The topological polar surface area (TPSA) is 185 Å². The van der Waals surface area contributed by atoms with Crippen LogP contribution in [0.2, 0.25) is 0 Å². The zero-order valence-corrected chi connectivity index (χ0v) is 31.8. The van der Waals surface area contributed by atoms with E-state index in [1.165, 1.54) is 34.1 Å². The molecule has 2 rings (SSSR count). The zero-order chi connectivity index (χ0) is 35.3. The maximum absolute atomic E-state index is 12.1. The van der Waals surface area contributed by atoms with Crippen LogP contribution in [-0.4, -0.2) is 114 Å². The molecular formula is C32H55N2NaO11SSn.